The first kappa shape index (κ1) is 20.1. The molecule has 1 amide bonds. The third-order valence-electron chi connectivity index (χ3n) is 4.29. The summed E-state index contributed by atoms with van der Waals surface area (Å²) in [5.41, 5.74) is 6.37. The Morgan fingerprint density at radius 2 is 1.97 bits per heavy atom. The van der Waals surface area contributed by atoms with Crippen LogP contribution in [0.2, 0.25) is 5.02 Å². The van der Waals surface area contributed by atoms with Gasteiger partial charge in [-0.15, -0.1) is 0 Å². The molecule has 150 valence electrons. The molecule has 1 N–H and O–H groups in total. The number of carbonyl (C=O) groups excluding carboxylic acids is 1. The van der Waals surface area contributed by atoms with Crippen molar-refractivity contribution in [3.8, 4) is 0 Å². The summed E-state index contributed by atoms with van der Waals surface area (Å²) in [6, 6.07) is 19.3. The van der Waals surface area contributed by atoms with Crippen molar-refractivity contribution in [2.45, 2.75) is 11.7 Å². The standard InChI is InChI=1S/C22H18ClN5OS/c23-18-9-7-16(8-10-18)14-28-20-6-2-1-5-19(20)26-22(28)30-15-21(29)27-25-13-17-4-3-11-24-12-17/h1-13H,14-15H2,(H,27,29)/b25-13+. The Morgan fingerprint density at radius 1 is 1.13 bits per heavy atom. The van der Waals surface area contributed by atoms with Crippen molar-refractivity contribution in [3.05, 3.63) is 89.2 Å². The fourth-order valence-corrected chi connectivity index (χ4v) is 3.81. The number of carbonyl (C=O) groups is 1. The zero-order chi connectivity index (χ0) is 20.8. The molecule has 0 spiro atoms. The molecule has 0 bridgehead atoms. The Hall–Kier alpha value is -3.16. The maximum Gasteiger partial charge on any atom is 0.250 e. The summed E-state index contributed by atoms with van der Waals surface area (Å²) < 4.78 is 2.11. The molecule has 0 aliphatic heterocycles. The predicted molar refractivity (Wildman–Crippen MR) is 121 cm³/mol. The average molecular weight is 436 g/mol. The Labute approximate surface area is 183 Å². The maximum absolute atomic E-state index is 12.2. The third-order valence-corrected chi connectivity index (χ3v) is 5.52. The number of aromatic nitrogens is 3. The Balaban J connectivity index is 1.46. The first-order valence-electron chi connectivity index (χ1n) is 9.23. The van der Waals surface area contributed by atoms with Gasteiger partial charge in [0.15, 0.2) is 5.16 Å². The molecule has 0 aliphatic rings. The molecule has 4 aromatic rings. The van der Waals surface area contributed by atoms with Crippen LogP contribution in [0.3, 0.4) is 0 Å². The van der Waals surface area contributed by atoms with Crippen LogP contribution in [0.15, 0.2) is 83.3 Å². The summed E-state index contributed by atoms with van der Waals surface area (Å²) in [7, 11) is 0. The fraction of sp³-hybridized carbons (Fsp3) is 0.0909. The van der Waals surface area contributed by atoms with E-state index in [1.165, 1.54) is 11.8 Å². The number of hydrogen-bond donors (Lipinski definition) is 1. The lowest BCUT2D eigenvalue weighted by atomic mass is 10.2. The van der Waals surface area contributed by atoms with Gasteiger partial charge in [-0.05, 0) is 35.9 Å². The van der Waals surface area contributed by atoms with Crippen molar-refractivity contribution in [2.24, 2.45) is 5.10 Å². The second-order valence-electron chi connectivity index (χ2n) is 6.46. The highest BCUT2D eigenvalue weighted by Gasteiger charge is 2.13. The molecule has 0 aliphatic carbocycles. The van der Waals surface area contributed by atoms with Crippen molar-refractivity contribution in [2.75, 3.05) is 5.75 Å². The van der Waals surface area contributed by atoms with Crippen LogP contribution in [0.25, 0.3) is 11.0 Å². The molecule has 0 saturated heterocycles. The quantitative estimate of drug-likeness (QED) is 0.266. The highest BCUT2D eigenvalue weighted by molar-refractivity contribution is 7.99. The zero-order valence-electron chi connectivity index (χ0n) is 15.9. The number of para-hydroxylation sites is 2. The normalized spacial score (nSPS) is 11.2. The van der Waals surface area contributed by atoms with E-state index < -0.39 is 0 Å². The van der Waals surface area contributed by atoms with E-state index in [2.05, 4.69) is 20.1 Å². The molecule has 0 unspecified atom stereocenters. The van der Waals surface area contributed by atoms with Crippen molar-refractivity contribution >= 4 is 46.5 Å². The lowest BCUT2D eigenvalue weighted by Gasteiger charge is -2.09. The summed E-state index contributed by atoms with van der Waals surface area (Å²) in [4.78, 5) is 20.9. The minimum atomic E-state index is -0.203. The number of hydrogen-bond acceptors (Lipinski definition) is 5. The van der Waals surface area contributed by atoms with Crippen LogP contribution in [-0.2, 0) is 11.3 Å². The number of hydrazone groups is 1. The van der Waals surface area contributed by atoms with E-state index >= 15 is 0 Å². The first-order chi connectivity index (χ1) is 14.7. The zero-order valence-corrected chi connectivity index (χ0v) is 17.5. The smallest absolute Gasteiger partial charge is 0.250 e. The Bertz CT molecular complexity index is 1180. The summed E-state index contributed by atoms with van der Waals surface area (Å²) in [5.74, 6) is -0.000784. The lowest BCUT2D eigenvalue weighted by molar-refractivity contribution is -0.118. The molecule has 0 fully saturated rings. The Morgan fingerprint density at radius 3 is 2.77 bits per heavy atom. The van der Waals surface area contributed by atoms with E-state index in [1.54, 1.807) is 18.6 Å². The van der Waals surface area contributed by atoms with E-state index in [1.807, 2.05) is 60.7 Å². The molecule has 8 heteroatoms. The first-order valence-corrected chi connectivity index (χ1v) is 10.6. The monoisotopic (exact) mass is 435 g/mol. The summed E-state index contributed by atoms with van der Waals surface area (Å²) in [6.07, 6.45) is 4.91. The topological polar surface area (TPSA) is 72.2 Å². The number of halogens is 1. The van der Waals surface area contributed by atoms with E-state index in [4.69, 9.17) is 16.6 Å². The van der Waals surface area contributed by atoms with Gasteiger partial charge < -0.3 is 4.57 Å². The van der Waals surface area contributed by atoms with Crippen molar-refractivity contribution in [1.82, 2.24) is 20.0 Å². The highest BCUT2D eigenvalue weighted by Crippen LogP contribution is 2.25. The van der Waals surface area contributed by atoms with Gasteiger partial charge in [0, 0.05) is 23.0 Å². The minimum absolute atomic E-state index is 0.203. The molecule has 0 radical (unpaired) electrons. The Kier molecular flexibility index (Phi) is 6.41. The number of rotatable bonds is 7. The molecular weight excluding hydrogens is 418 g/mol. The molecule has 6 nitrogen and oxygen atoms in total. The van der Waals surface area contributed by atoms with E-state index in [-0.39, 0.29) is 11.7 Å². The van der Waals surface area contributed by atoms with Gasteiger partial charge in [-0.2, -0.15) is 5.10 Å². The maximum atomic E-state index is 12.2. The van der Waals surface area contributed by atoms with Gasteiger partial charge in [0.05, 0.1) is 29.5 Å². The van der Waals surface area contributed by atoms with E-state index in [0.29, 0.717) is 11.6 Å². The van der Waals surface area contributed by atoms with Crippen LogP contribution in [0.1, 0.15) is 11.1 Å². The van der Waals surface area contributed by atoms with Gasteiger partial charge >= 0.3 is 0 Å². The molecule has 2 heterocycles. The summed E-state index contributed by atoms with van der Waals surface area (Å²) in [6.45, 7) is 0.640. The lowest BCUT2D eigenvalue weighted by Crippen LogP contribution is -2.20. The second-order valence-corrected chi connectivity index (χ2v) is 7.84. The largest absolute Gasteiger partial charge is 0.314 e. The van der Waals surface area contributed by atoms with Gasteiger partial charge in [-0.1, -0.05) is 53.7 Å². The third kappa shape index (κ3) is 5.06. The van der Waals surface area contributed by atoms with Crippen molar-refractivity contribution in [1.29, 1.82) is 0 Å². The van der Waals surface area contributed by atoms with Crippen LogP contribution in [0.5, 0.6) is 0 Å². The van der Waals surface area contributed by atoms with Gasteiger partial charge in [0.2, 0.25) is 0 Å². The van der Waals surface area contributed by atoms with Gasteiger partial charge in [-0.25, -0.2) is 10.4 Å². The molecule has 0 atom stereocenters. The minimum Gasteiger partial charge on any atom is -0.314 e. The molecule has 4 rings (SSSR count). The average Bonchev–Trinajstić information content (AvgIpc) is 3.12. The summed E-state index contributed by atoms with van der Waals surface area (Å²) in [5, 5.41) is 5.45. The van der Waals surface area contributed by atoms with E-state index in [9.17, 15) is 4.79 Å². The number of amides is 1. The molecule has 2 aromatic heterocycles. The predicted octanol–water partition coefficient (Wildman–Crippen LogP) is 4.38. The van der Waals surface area contributed by atoms with E-state index in [0.717, 1.165) is 27.3 Å². The van der Waals surface area contributed by atoms with Gasteiger partial charge in [0.25, 0.3) is 5.91 Å². The fourth-order valence-electron chi connectivity index (χ4n) is 2.88. The van der Waals surface area contributed by atoms with Crippen LogP contribution in [0, 0.1) is 0 Å². The number of pyridine rings is 1. The number of nitrogens with zero attached hydrogens (tertiary/aromatic N) is 4. The van der Waals surface area contributed by atoms with Crippen LogP contribution in [-0.4, -0.2) is 32.4 Å². The highest BCUT2D eigenvalue weighted by atomic mass is 35.5. The molecule has 30 heavy (non-hydrogen) atoms. The second kappa shape index (κ2) is 9.56. The van der Waals surface area contributed by atoms with Crippen LogP contribution < -0.4 is 5.43 Å². The molecular formula is C22H18ClN5OS. The SMILES string of the molecule is O=C(CSc1nc2ccccc2n1Cc1ccc(Cl)cc1)N/N=C/c1cccnc1. The van der Waals surface area contributed by atoms with Crippen molar-refractivity contribution < 1.29 is 4.79 Å². The number of benzene rings is 2. The molecule has 0 saturated carbocycles. The number of imidazole rings is 1. The van der Waals surface area contributed by atoms with Crippen LogP contribution >= 0.6 is 23.4 Å². The number of fused-ring (bicyclic) bond motifs is 1. The van der Waals surface area contributed by atoms with Crippen LogP contribution in [0.4, 0.5) is 0 Å². The van der Waals surface area contributed by atoms with Crippen molar-refractivity contribution in [3.63, 3.8) is 0 Å². The van der Waals surface area contributed by atoms with Gasteiger partial charge in [0.1, 0.15) is 0 Å². The van der Waals surface area contributed by atoms with Gasteiger partial charge in [-0.3, -0.25) is 9.78 Å². The molecule has 2 aromatic carbocycles. The number of thioether (sulfide) groups is 1. The summed E-state index contributed by atoms with van der Waals surface area (Å²) >= 11 is 7.38. The number of nitrogens with one attached hydrogen (secondary N) is 1.